The molecule has 3 fully saturated rings. The molecular formula is C20H37NO. The summed E-state index contributed by atoms with van der Waals surface area (Å²) in [5.74, 6) is 0. The van der Waals surface area contributed by atoms with Crippen molar-refractivity contribution >= 4 is 0 Å². The second-order valence-corrected chi connectivity index (χ2v) is 8.08. The molecule has 4 unspecified atom stereocenters. The van der Waals surface area contributed by atoms with Crippen molar-refractivity contribution in [2.24, 2.45) is 0 Å². The number of nitrogens with one attached hydrogen (secondary N) is 1. The molecule has 2 heteroatoms. The number of rotatable bonds is 0. The third kappa shape index (κ3) is 5.53. The maximum atomic E-state index is 6.64. The van der Waals surface area contributed by atoms with Gasteiger partial charge in [-0.15, -0.1) is 0 Å². The van der Waals surface area contributed by atoms with Crippen molar-refractivity contribution in [1.29, 1.82) is 0 Å². The largest absolute Gasteiger partial charge is 0.375 e. The maximum absolute atomic E-state index is 6.64. The van der Waals surface area contributed by atoms with Gasteiger partial charge in [-0.3, -0.25) is 0 Å². The van der Waals surface area contributed by atoms with Crippen LogP contribution in [0.1, 0.15) is 103 Å². The predicted octanol–water partition coefficient (Wildman–Crippen LogP) is 5.35. The minimum atomic E-state index is 0.548. The fourth-order valence-corrected chi connectivity index (χ4v) is 4.80. The summed E-state index contributed by atoms with van der Waals surface area (Å²) >= 11 is 0. The molecule has 0 aromatic heterocycles. The van der Waals surface area contributed by atoms with Gasteiger partial charge in [0.15, 0.2) is 0 Å². The van der Waals surface area contributed by atoms with Crippen molar-refractivity contribution in [1.82, 2.24) is 5.32 Å². The van der Waals surface area contributed by atoms with E-state index in [0.717, 1.165) is 12.1 Å². The van der Waals surface area contributed by atoms with Crippen LogP contribution in [0.5, 0.6) is 0 Å². The minimum Gasteiger partial charge on any atom is -0.375 e. The fourth-order valence-electron chi connectivity index (χ4n) is 4.80. The van der Waals surface area contributed by atoms with E-state index in [1.165, 1.54) is 103 Å². The maximum Gasteiger partial charge on any atom is 0.0579 e. The summed E-state index contributed by atoms with van der Waals surface area (Å²) in [6.45, 7) is 0. The number of hydrogen-bond acceptors (Lipinski definition) is 2. The standard InChI is InChI=1S/C20H37NO/c1-3-7-11-19-15-13-17(9-5-1)21-18-10-6-2-4-8-12-20(22-19)16-14-18/h17-21H,1-16H2. The third-order valence-electron chi connectivity index (χ3n) is 6.19. The predicted molar refractivity (Wildman–Crippen MR) is 93.2 cm³/mol. The smallest absolute Gasteiger partial charge is 0.0579 e. The van der Waals surface area contributed by atoms with Gasteiger partial charge in [-0.05, 0) is 51.4 Å². The van der Waals surface area contributed by atoms with E-state index in [-0.39, 0.29) is 0 Å². The van der Waals surface area contributed by atoms with Crippen LogP contribution >= 0.6 is 0 Å². The minimum absolute atomic E-state index is 0.548. The summed E-state index contributed by atoms with van der Waals surface area (Å²) in [5.41, 5.74) is 0. The molecule has 1 saturated heterocycles. The Kier molecular flexibility index (Phi) is 7.07. The monoisotopic (exact) mass is 307 g/mol. The van der Waals surface area contributed by atoms with Gasteiger partial charge in [0.25, 0.3) is 0 Å². The van der Waals surface area contributed by atoms with Crippen LogP contribution in [0.2, 0.25) is 0 Å². The van der Waals surface area contributed by atoms with Gasteiger partial charge in [0.1, 0.15) is 0 Å². The van der Waals surface area contributed by atoms with Crippen LogP contribution in [-0.2, 0) is 4.74 Å². The number of hydrogen-bond donors (Lipinski definition) is 1. The quantitative estimate of drug-likeness (QED) is 0.651. The van der Waals surface area contributed by atoms with E-state index in [9.17, 15) is 0 Å². The van der Waals surface area contributed by atoms with Crippen molar-refractivity contribution in [2.75, 3.05) is 0 Å². The molecule has 0 amide bonds. The molecule has 0 aromatic carbocycles. The van der Waals surface area contributed by atoms with Crippen LogP contribution in [0.3, 0.4) is 0 Å². The molecule has 0 spiro atoms. The summed E-state index contributed by atoms with van der Waals surface area (Å²) in [4.78, 5) is 0. The molecule has 2 saturated carbocycles. The zero-order valence-corrected chi connectivity index (χ0v) is 14.5. The average molecular weight is 308 g/mol. The molecule has 1 heterocycles. The summed E-state index contributed by atoms with van der Waals surface area (Å²) < 4.78 is 6.64. The highest BCUT2D eigenvalue weighted by Gasteiger charge is 2.25. The van der Waals surface area contributed by atoms with Crippen molar-refractivity contribution in [3.63, 3.8) is 0 Å². The van der Waals surface area contributed by atoms with Crippen LogP contribution in [0.25, 0.3) is 0 Å². The molecule has 2 aliphatic carbocycles. The highest BCUT2D eigenvalue weighted by Crippen LogP contribution is 2.27. The molecular weight excluding hydrogens is 270 g/mol. The van der Waals surface area contributed by atoms with E-state index in [1.807, 2.05) is 0 Å². The Hall–Kier alpha value is -0.0800. The second kappa shape index (κ2) is 9.27. The second-order valence-electron chi connectivity index (χ2n) is 8.08. The van der Waals surface area contributed by atoms with Crippen molar-refractivity contribution in [2.45, 2.75) is 127 Å². The van der Waals surface area contributed by atoms with Gasteiger partial charge in [-0.1, -0.05) is 51.4 Å². The van der Waals surface area contributed by atoms with Gasteiger partial charge < -0.3 is 10.1 Å². The molecule has 4 atom stereocenters. The molecule has 2 nitrogen and oxygen atoms in total. The highest BCUT2D eigenvalue weighted by molar-refractivity contribution is 4.81. The third-order valence-corrected chi connectivity index (χ3v) is 6.19. The van der Waals surface area contributed by atoms with E-state index in [4.69, 9.17) is 4.74 Å². The van der Waals surface area contributed by atoms with Crippen molar-refractivity contribution < 1.29 is 4.74 Å². The van der Waals surface area contributed by atoms with E-state index < -0.39 is 0 Å². The van der Waals surface area contributed by atoms with Gasteiger partial charge in [-0.2, -0.15) is 0 Å². The van der Waals surface area contributed by atoms with Gasteiger partial charge >= 0.3 is 0 Å². The molecule has 22 heavy (non-hydrogen) atoms. The lowest BCUT2D eigenvalue weighted by molar-refractivity contribution is -0.0385. The van der Waals surface area contributed by atoms with E-state index in [0.29, 0.717) is 12.2 Å². The Morgan fingerprint density at radius 3 is 1.41 bits per heavy atom. The summed E-state index contributed by atoms with van der Waals surface area (Å²) in [6.07, 6.45) is 23.1. The summed E-state index contributed by atoms with van der Waals surface area (Å²) in [7, 11) is 0. The van der Waals surface area contributed by atoms with Gasteiger partial charge in [0, 0.05) is 12.1 Å². The Labute approximate surface area is 137 Å². The van der Waals surface area contributed by atoms with Gasteiger partial charge in [-0.25, -0.2) is 0 Å². The summed E-state index contributed by atoms with van der Waals surface area (Å²) in [5, 5.41) is 4.08. The molecule has 0 radical (unpaired) electrons. The van der Waals surface area contributed by atoms with E-state index in [1.54, 1.807) is 0 Å². The molecule has 128 valence electrons. The summed E-state index contributed by atoms with van der Waals surface area (Å²) in [6, 6.07) is 1.52. The van der Waals surface area contributed by atoms with Crippen LogP contribution in [-0.4, -0.2) is 24.3 Å². The SMILES string of the molecule is C1CCCC2CCC(CC1)NC1CCCCCCC(CC1)O2. The highest BCUT2D eigenvalue weighted by atomic mass is 16.5. The molecule has 1 N–H and O–H groups in total. The van der Waals surface area contributed by atoms with Crippen molar-refractivity contribution in [3.8, 4) is 0 Å². The molecule has 4 bridgehead atoms. The Balaban J connectivity index is 1.69. The first-order chi connectivity index (χ1) is 10.9. The first-order valence-corrected chi connectivity index (χ1v) is 10.3. The molecule has 1 aliphatic heterocycles. The fraction of sp³-hybridized carbons (Fsp3) is 1.00. The Morgan fingerprint density at radius 2 is 0.909 bits per heavy atom. The zero-order valence-electron chi connectivity index (χ0n) is 14.5. The van der Waals surface area contributed by atoms with Crippen LogP contribution in [0.4, 0.5) is 0 Å². The Bertz CT molecular complexity index is 248. The number of ether oxygens (including phenoxy) is 1. The van der Waals surface area contributed by atoms with Crippen molar-refractivity contribution in [3.05, 3.63) is 0 Å². The van der Waals surface area contributed by atoms with E-state index >= 15 is 0 Å². The molecule has 3 rings (SSSR count). The number of fused-ring (bicyclic) bond motifs is 6. The molecule has 0 aromatic rings. The lowest BCUT2D eigenvalue weighted by Crippen LogP contribution is -2.41. The van der Waals surface area contributed by atoms with Crippen LogP contribution in [0, 0.1) is 0 Å². The lowest BCUT2D eigenvalue weighted by atomic mass is 9.91. The Morgan fingerprint density at radius 1 is 0.455 bits per heavy atom. The van der Waals surface area contributed by atoms with Crippen LogP contribution < -0.4 is 5.32 Å². The van der Waals surface area contributed by atoms with E-state index in [2.05, 4.69) is 5.32 Å². The first kappa shape index (κ1) is 16.8. The van der Waals surface area contributed by atoms with Gasteiger partial charge in [0.05, 0.1) is 12.2 Å². The molecule has 3 aliphatic rings. The van der Waals surface area contributed by atoms with Crippen LogP contribution in [0.15, 0.2) is 0 Å². The van der Waals surface area contributed by atoms with Gasteiger partial charge in [0.2, 0.25) is 0 Å². The lowest BCUT2D eigenvalue weighted by Gasteiger charge is -2.34. The normalized spacial score (nSPS) is 39.3. The zero-order chi connectivity index (χ0) is 15.0. The average Bonchev–Trinajstić information content (AvgIpc) is 2.55. The first-order valence-electron chi connectivity index (χ1n) is 10.3. The topological polar surface area (TPSA) is 21.3 Å².